The van der Waals surface area contributed by atoms with Gasteiger partial charge in [-0.05, 0) is 38.1 Å². The van der Waals surface area contributed by atoms with E-state index in [1.165, 1.54) is 29.7 Å². The van der Waals surface area contributed by atoms with E-state index in [4.69, 9.17) is 0 Å². The zero-order valence-corrected chi connectivity index (χ0v) is 17.1. The molecule has 3 rings (SSSR count). The summed E-state index contributed by atoms with van der Waals surface area (Å²) >= 11 is 4.94. The lowest BCUT2D eigenvalue weighted by Gasteiger charge is -2.06. The smallest absolute Gasteiger partial charge is 0.206 e. The molecule has 0 saturated carbocycles. The summed E-state index contributed by atoms with van der Waals surface area (Å²) in [5, 5.41) is 35.6. The summed E-state index contributed by atoms with van der Waals surface area (Å²) in [6.45, 7) is 3.97. The van der Waals surface area contributed by atoms with Gasteiger partial charge in [0.15, 0.2) is 11.5 Å². The van der Waals surface area contributed by atoms with Gasteiger partial charge < -0.3 is 15.3 Å². The van der Waals surface area contributed by atoms with Crippen LogP contribution in [0.2, 0.25) is 0 Å². The lowest BCUT2D eigenvalue weighted by atomic mass is 10.2. The van der Waals surface area contributed by atoms with Crippen molar-refractivity contribution in [3.05, 3.63) is 56.6 Å². The third-order valence-corrected chi connectivity index (χ3v) is 4.97. The molecule has 0 aliphatic heterocycles. The van der Waals surface area contributed by atoms with E-state index in [9.17, 15) is 15.3 Å². The van der Waals surface area contributed by atoms with Crippen LogP contribution in [0, 0.1) is 0 Å². The Morgan fingerprint density at radius 1 is 1.11 bits per heavy atom. The Hall–Kier alpha value is -2.58. The third kappa shape index (κ3) is 4.23. The van der Waals surface area contributed by atoms with Crippen LogP contribution in [0.15, 0.2) is 56.3 Å². The summed E-state index contributed by atoms with van der Waals surface area (Å²) < 4.78 is 2.64. The van der Waals surface area contributed by atoms with Gasteiger partial charge in [-0.15, -0.1) is 11.3 Å². The molecule has 0 fully saturated rings. The minimum atomic E-state index is -0.575. The van der Waals surface area contributed by atoms with Crippen molar-refractivity contribution < 1.29 is 15.3 Å². The first-order valence-electron chi connectivity index (χ1n) is 8.15. The first kappa shape index (κ1) is 19.2. The monoisotopic (exact) mass is 447 g/mol. The number of thiazole rings is 1. The van der Waals surface area contributed by atoms with E-state index in [0.29, 0.717) is 4.80 Å². The number of rotatable bonds is 4. The quantitative estimate of drug-likeness (QED) is 0.411. The van der Waals surface area contributed by atoms with Crippen LogP contribution in [0.1, 0.15) is 19.4 Å². The molecule has 0 atom stereocenters. The summed E-state index contributed by atoms with van der Waals surface area (Å²) in [6.07, 6.45) is 1.42. The number of aromatic hydroxyl groups is 3. The normalized spacial score (nSPS) is 12.4. The Morgan fingerprint density at radius 3 is 2.59 bits per heavy atom. The second-order valence-electron chi connectivity index (χ2n) is 6.06. The number of halogens is 1. The highest BCUT2D eigenvalue weighted by Crippen LogP contribution is 2.36. The second kappa shape index (κ2) is 7.98. The predicted molar refractivity (Wildman–Crippen MR) is 111 cm³/mol. The summed E-state index contributed by atoms with van der Waals surface area (Å²) in [6, 6.07) is 10.7. The lowest BCUT2D eigenvalue weighted by Crippen LogP contribution is -2.14. The first-order chi connectivity index (χ1) is 12.9. The molecule has 0 unspecified atom stereocenters. The Labute approximate surface area is 168 Å². The van der Waals surface area contributed by atoms with Gasteiger partial charge in [0.2, 0.25) is 10.6 Å². The SMILES string of the molecule is CC(C)N=c1scc(-c2cccc(Br)c2)n1N=Cc1ccc(O)c(O)c1O. The van der Waals surface area contributed by atoms with Crippen molar-refractivity contribution in [3.8, 4) is 28.5 Å². The summed E-state index contributed by atoms with van der Waals surface area (Å²) in [7, 11) is 0. The first-order valence-corrected chi connectivity index (χ1v) is 9.82. The number of phenols is 3. The third-order valence-electron chi connectivity index (χ3n) is 3.65. The van der Waals surface area contributed by atoms with Crippen molar-refractivity contribution >= 4 is 33.5 Å². The second-order valence-corrected chi connectivity index (χ2v) is 7.82. The van der Waals surface area contributed by atoms with Crippen LogP contribution in [0.5, 0.6) is 17.2 Å². The Bertz CT molecular complexity index is 1070. The van der Waals surface area contributed by atoms with Crippen molar-refractivity contribution in [2.75, 3.05) is 0 Å². The van der Waals surface area contributed by atoms with E-state index in [0.717, 1.165) is 15.7 Å². The standard InChI is InChI=1S/C19H18BrN3O3S/c1-11(2)22-19-23(15(10-27-19)12-4-3-5-14(20)8-12)21-9-13-6-7-16(24)18(26)17(13)25/h3-11,24-26H,1-2H3. The average molecular weight is 448 g/mol. The van der Waals surface area contributed by atoms with E-state index in [1.54, 1.807) is 4.68 Å². The van der Waals surface area contributed by atoms with Crippen molar-refractivity contribution in [2.45, 2.75) is 19.9 Å². The molecule has 2 aromatic carbocycles. The minimum absolute atomic E-state index is 0.0894. The van der Waals surface area contributed by atoms with Crippen LogP contribution < -0.4 is 4.80 Å². The van der Waals surface area contributed by atoms with Gasteiger partial charge in [-0.1, -0.05) is 28.1 Å². The highest BCUT2D eigenvalue weighted by molar-refractivity contribution is 9.10. The highest BCUT2D eigenvalue weighted by Gasteiger charge is 2.11. The van der Waals surface area contributed by atoms with Gasteiger partial charge in [0.25, 0.3) is 0 Å². The summed E-state index contributed by atoms with van der Waals surface area (Å²) in [5.41, 5.74) is 2.08. The molecule has 3 N–H and O–H groups in total. The Balaban J connectivity index is 2.13. The van der Waals surface area contributed by atoms with E-state index < -0.39 is 17.2 Å². The lowest BCUT2D eigenvalue weighted by molar-refractivity contribution is 0.367. The molecule has 0 aliphatic rings. The number of hydrogen-bond donors (Lipinski definition) is 3. The van der Waals surface area contributed by atoms with E-state index in [2.05, 4.69) is 26.0 Å². The highest BCUT2D eigenvalue weighted by atomic mass is 79.9. The molecule has 0 amide bonds. The number of benzene rings is 2. The van der Waals surface area contributed by atoms with Gasteiger partial charge in [-0.25, -0.2) is 4.68 Å². The molecule has 140 valence electrons. The fourth-order valence-electron chi connectivity index (χ4n) is 2.38. The van der Waals surface area contributed by atoms with Crippen LogP contribution in [-0.2, 0) is 0 Å². The number of phenolic OH excluding ortho intramolecular Hbond substituents is 3. The van der Waals surface area contributed by atoms with Gasteiger partial charge in [0.1, 0.15) is 0 Å². The number of hydrogen-bond acceptors (Lipinski definition) is 6. The fourth-order valence-corrected chi connectivity index (χ4v) is 3.75. The summed E-state index contributed by atoms with van der Waals surface area (Å²) in [4.78, 5) is 5.31. The van der Waals surface area contributed by atoms with Crippen LogP contribution in [0.3, 0.4) is 0 Å². The summed E-state index contributed by atoms with van der Waals surface area (Å²) in [5.74, 6) is -1.40. The van der Waals surface area contributed by atoms with Gasteiger partial charge >= 0.3 is 0 Å². The maximum absolute atomic E-state index is 10.0. The van der Waals surface area contributed by atoms with Gasteiger partial charge in [0.05, 0.1) is 11.9 Å². The number of nitrogens with zero attached hydrogens (tertiary/aromatic N) is 3. The molecule has 27 heavy (non-hydrogen) atoms. The fraction of sp³-hybridized carbons (Fsp3) is 0.158. The van der Waals surface area contributed by atoms with Gasteiger partial charge in [-0.3, -0.25) is 4.99 Å². The van der Waals surface area contributed by atoms with Crippen LogP contribution >= 0.6 is 27.3 Å². The van der Waals surface area contributed by atoms with Gasteiger partial charge in [0, 0.05) is 27.0 Å². The van der Waals surface area contributed by atoms with Crippen molar-refractivity contribution in [1.29, 1.82) is 0 Å². The maximum Gasteiger partial charge on any atom is 0.206 e. The van der Waals surface area contributed by atoms with Crippen LogP contribution in [0.25, 0.3) is 11.3 Å². The molecule has 0 saturated heterocycles. The predicted octanol–water partition coefficient (Wildman–Crippen LogP) is 4.29. The molecular formula is C19H18BrN3O3S. The zero-order valence-electron chi connectivity index (χ0n) is 14.7. The molecule has 6 nitrogen and oxygen atoms in total. The molecule has 0 radical (unpaired) electrons. The molecule has 8 heteroatoms. The Kier molecular flexibility index (Phi) is 5.67. The molecule has 0 bridgehead atoms. The van der Waals surface area contributed by atoms with Gasteiger partial charge in [-0.2, -0.15) is 5.10 Å². The molecule has 1 aromatic heterocycles. The van der Waals surface area contributed by atoms with Crippen molar-refractivity contribution in [2.24, 2.45) is 10.1 Å². The minimum Gasteiger partial charge on any atom is -0.504 e. The molecule has 3 aromatic rings. The number of aromatic nitrogens is 1. The average Bonchev–Trinajstić information content (AvgIpc) is 3.01. The van der Waals surface area contributed by atoms with E-state index in [-0.39, 0.29) is 11.6 Å². The van der Waals surface area contributed by atoms with E-state index >= 15 is 0 Å². The topological polar surface area (TPSA) is 90.3 Å². The largest absolute Gasteiger partial charge is 0.504 e. The zero-order chi connectivity index (χ0) is 19.6. The van der Waals surface area contributed by atoms with Crippen LogP contribution in [0.4, 0.5) is 0 Å². The van der Waals surface area contributed by atoms with Crippen molar-refractivity contribution in [3.63, 3.8) is 0 Å². The Morgan fingerprint density at radius 2 is 1.89 bits per heavy atom. The molecule has 1 heterocycles. The maximum atomic E-state index is 10.0. The molecule has 0 spiro atoms. The van der Waals surface area contributed by atoms with Crippen molar-refractivity contribution in [1.82, 2.24) is 4.68 Å². The molecule has 0 aliphatic carbocycles. The molecular weight excluding hydrogens is 430 g/mol. The van der Waals surface area contributed by atoms with Crippen LogP contribution in [-0.4, -0.2) is 32.3 Å². The van der Waals surface area contributed by atoms with E-state index in [1.807, 2.05) is 43.5 Å².